The molecule has 6 heteroatoms. The van der Waals surface area contributed by atoms with Crippen LogP contribution in [0.3, 0.4) is 0 Å². The first-order chi connectivity index (χ1) is 16.0. The fourth-order valence-electron chi connectivity index (χ4n) is 5.32. The van der Waals surface area contributed by atoms with Crippen LogP contribution in [-0.4, -0.2) is 37.0 Å². The number of hydrogen-bond acceptors (Lipinski definition) is 3. The molecule has 2 aromatic carbocycles. The quantitative estimate of drug-likeness (QED) is 0.458. The zero-order valence-electron chi connectivity index (χ0n) is 19.4. The number of carbonyl (C=O) groups excluding carboxylic acids is 1. The van der Waals surface area contributed by atoms with E-state index in [4.69, 9.17) is 27.9 Å². The Hall–Kier alpha value is -1.75. The smallest absolute Gasteiger partial charge is 0.235 e. The van der Waals surface area contributed by atoms with Crippen molar-refractivity contribution in [2.45, 2.75) is 57.3 Å². The van der Waals surface area contributed by atoms with Gasteiger partial charge in [-0.3, -0.25) is 9.69 Å². The number of ether oxygens (including phenoxy) is 1. The maximum Gasteiger partial charge on any atom is 0.235 e. The van der Waals surface area contributed by atoms with Crippen LogP contribution in [0.15, 0.2) is 42.5 Å². The highest BCUT2D eigenvalue weighted by Gasteiger charge is 2.42. The number of anilines is 1. The van der Waals surface area contributed by atoms with Crippen molar-refractivity contribution in [1.29, 1.82) is 0 Å². The molecule has 1 N–H and O–H groups in total. The normalized spacial score (nSPS) is 20.9. The molecule has 1 aliphatic carbocycles. The molecule has 2 aliphatic rings. The lowest BCUT2D eigenvalue weighted by molar-refractivity contribution is -0.122. The lowest BCUT2D eigenvalue weighted by atomic mass is 9.68. The van der Waals surface area contributed by atoms with Crippen LogP contribution >= 0.6 is 23.2 Å². The van der Waals surface area contributed by atoms with Gasteiger partial charge >= 0.3 is 0 Å². The molecule has 0 bridgehead atoms. The number of benzene rings is 2. The maximum absolute atomic E-state index is 13.5. The topological polar surface area (TPSA) is 41.6 Å². The van der Waals surface area contributed by atoms with E-state index in [2.05, 4.69) is 17.1 Å². The van der Waals surface area contributed by atoms with Crippen LogP contribution in [0.4, 0.5) is 5.69 Å². The molecule has 2 fully saturated rings. The van der Waals surface area contributed by atoms with E-state index in [0.717, 1.165) is 74.7 Å². The molecule has 1 saturated carbocycles. The van der Waals surface area contributed by atoms with Gasteiger partial charge in [-0.05, 0) is 80.1 Å². The number of amides is 1. The summed E-state index contributed by atoms with van der Waals surface area (Å²) in [4.78, 5) is 16.0. The highest BCUT2D eigenvalue weighted by molar-refractivity contribution is 6.35. The summed E-state index contributed by atoms with van der Waals surface area (Å²) in [6, 6.07) is 13.2. The third-order valence-electron chi connectivity index (χ3n) is 7.12. The Balaban J connectivity index is 1.38. The molecule has 1 unspecified atom stereocenters. The molecule has 33 heavy (non-hydrogen) atoms. The van der Waals surface area contributed by atoms with Crippen molar-refractivity contribution in [2.75, 3.05) is 31.6 Å². The molecule has 0 aromatic heterocycles. The van der Waals surface area contributed by atoms with E-state index in [1.54, 1.807) is 6.07 Å². The second-order valence-corrected chi connectivity index (χ2v) is 10.5. The minimum absolute atomic E-state index is 0.000640. The average Bonchev–Trinajstić information content (AvgIpc) is 2.81. The maximum atomic E-state index is 13.5. The van der Waals surface area contributed by atoms with Crippen LogP contribution in [0, 0.1) is 5.92 Å². The van der Waals surface area contributed by atoms with E-state index in [9.17, 15) is 4.79 Å². The fourth-order valence-corrected chi connectivity index (χ4v) is 5.91. The van der Waals surface area contributed by atoms with Crippen molar-refractivity contribution in [2.24, 2.45) is 5.92 Å². The number of nitrogens with zero attached hydrogens (tertiary/aromatic N) is 1. The van der Waals surface area contributed by atoms with Crippen LogP contribution in [0.2, 0.25) is 10.0 Å². The van der Waals surface area contributed by atoms with Crippen LogP contribution < -0.4 is 10.1 Å². The number of rotatable bonds is 7. The molecule has 1 heterocycles. The third kappa shape index (κ3) is 6.03. The molecular weight excluding hydrogens is 455 g/mol. The molecule has 2 aromatic rings. The van der Waals surface area contributed by atoms with Gasteiger partial charge in [-0.25, -0.2) is 0 Å². The van der Waals surface area contributed by atoms with E-state index in [0.29, 0.717) is 16.7 Å². The molecule has 1 amide bonds. The summed E-state index contributed by atoms with van der Waals surface area (Å²) in [5.74, 6) is 1.60. The number of likely N-dealkylation sites (tertiary alicyclic amines) is 1. The summed E-state index contributed by atoms with van der Waals surface area (Å²) < 4.78 is 5.95. The second kappa shape index (κ2) is 11.1. The molecular formula is C27H34Cl2N2O2. The van der Waals surface area contributed by atoms with Gasteiger partial charge < -0.3 is 10.1 Å². The molecule has 1 atom stereocenters. The highest BCUT2D eigenvalue weighted by Crippen LogP contribution is 2.44. The summed E-state index contributed by atoms with van der Waals surface area (Å²) in [6.07, 6.45) is 7.34. The van der Waals surface area contributed by atoms with Crippen molar-refractivity contribution in [3.05, 3.63) is 58.1 Å². The van der Waals surface area contributed by atoms with E-state index in [1.165, 1.54) is 12.8 Å². The zero-order valence-corrected chi connectivity index (χ0v) is 20.9. The summed E-state index contributed by atoms with van der Waals surface area (Å²) in [6.45, 7) is 6.27. The van der Waals surface area contributed by atoms with Gasteiger partial charge in [-0.15, -0.1) is 0 Å². The summed E-state index contributed by atoms with van der Waals surface area (Å²) in [5.41, 5.74) is 1.02. The van der Waals surface area contributed by atoms with Gasteiger partial charge in [0.1, 0.15) is 12.4 Å². The van der Waals surface area contributed by atoms with Gasteiger partial charge in [0.25, 0.3) is 0 Å². The van der Waals surface area contributed by atoms with Crippen molar-refractivity contribution in [1.82, 2.24) is 4.90 Å². The number of hydrogen-bond donors (Lipinski definition) is 1. The Morgan fingerprint density at radius 1 is 1.09 bits per heavy atom. The largest absolute Gasteiger partial charge is 0.492 e. The number of piperidine rings is 1. The Labute approximate surface area is 207 Å². The lowest BCUT2D eigenvalue weighted by Crippen LogP contribution is -2.42. The Morgan fingerprint density at radius 2 is 1.85 bits per heavy atom. The van der Waals surface area contributed by atoms with Crippen LogP contribution in [-0.2, 0) is 10.2 Å². The van der Waals surface area contributed by atoms with Crippen molar-refractivity contribution < 1.29 is 9.53 Å². The monoisotopic (exact) mass is 488 g/mol. The number of carbonyl (C=O) groups is 1. The molecule has 4 rings (SSSR count). The fraction of sp³-hybridized carbons (Fsp3) is 0.519. The Kier molecular flexibility index (Phi) is 8.21. The van der Waals surface area contributed by atoms with Gasteiger partial charge in [-0.2, -0.15) is 0 Å². The number of nitrogens with one attached hydrogen (secondary N) is 1. The van der Waals surface area contributed by atoms with E-state index < -0.39 is 5.41 Å². The molecule has 0 radical (unpaired) electrons. The Morgan fingerprint density at radius 3 is 2.55 bits per heavy atom. The van der Waals surface area contributed by atoms with Gasteiger partial charge in [0.15, 0.2) is 0 Å². The van der Waals surface area contributed by atoms with Crippen molar-refractivity contribution in [3.8, 4) is 5.75 Å². The molecule has 1 saturated heterocycles. The van der Waals surface area contributed by atoms with Gasteiger partial charge in [-0.1, -0.05) is 55.5 Å². The molecule has 178 valence electrons. The highest BCUT2D eigenvalue weighted by atomic mass is 35.5. The minimum atomic E-state index is -0.624. The molecule has 0 spiro atoms. The van der Waals surface area contributed by atoms with Crippen LogP contribution in [0.5, 0.6) is 5.75 Å². The predicted octanol–water partition coefficient (Wildman–Crippen LogP) is 6.94. The third-order valence-corrected chi connectivity index (χ3v) is 7.67. The van der Waals surface area contributed by atoms with E-state index >= 15 is 0 Å². The van der Waals surface area contributed by atoms with Crippen LogP contribution in [0.1, 0.15) is 57.4 Å². The summed E-state index contributed by atoms with van der Waals surface area (Å²) in [5, 5.41) is 4.28. The molecule has 1 aliphatic heterocycles. The zero-order chi connectivity index (χ0) is 23.3. The van der Waals surface area contributed by atoms with E-state index in [-0.39, 0.29) is 5.91 Å². The lowest BCUT2D eigenvalue weighted by Gasteiger charge is -2.37. The minimum Gasteiger partial charge on any atom is -0.492 e. The predicted molar refractivity (Wildman–Crippen MR) is 137 cm³/mol. The average molecular weight is 489 g/mol. The summed E-state index contributed by atoms with van der Waals surface area (Å²) in [7, 11) is 0. The first-order valence-corrected chi connectivity index (χ1v) is 12.9. The second-order valence-electron chi connectivity index (χ2n) is 9.64. The van der Waals surface area contributed by atoms with Gasteiger partial charge in [0.05, 0.1) is 5.41 Å². The molecule has 4 nitrogen and oxygen atoms in total. The van der Waals surface area contributed by atoms with Gasteiger partial charge in [0, 0.05) is 28.8 Å². The SMILES string of the molecule is CC1CCCN(CCOc2ccc(NC(=O)C3(c4ccc(Cl)cc4Cl)CCCCC3)cc2)C1. The standard InChI is InChI=1S/C27H34Cl2N2O2/c1-20-6-5-15-31(19-20)16-17-33-23-10-8-22(9-11-23)30-26(32)27(13-3-2-4-14-27)24-12-7-21(28)18-25(24)29/h7-12,18,20H,2-6,13-17,19H2,1H3,(H,30,32). The summed E-state index contributed by atoms with van der Waals surface area (Å²) >= 11 is 12.7. The van der Waals surface area contributed by atoms with Crippen molar-refractivity contribution in [3.63, 3.8) is 0 Å². The first kappa shape index (κ1) is 24.4. The Bertz CT molecular complexity index is 942. The van der Waals surface area contributed by atoms with E-state index in [1.807, 2.05) is 36.4 Å². The van der Waals surface area contributed by atoms with Crippen LogP contribution in [0.25, 0.3) is 0 Å². The van der Waals surface area contributed by atoms with Gasteiger partial charge in [0.2, 0.25) is 5.91 Å². The van der Waals surface area contributed by atoms with Crippen molar-refractivity contribution >= 4 is 34.8 Å². The first-order valence-electron chi connectivity index (χ1n) is 12.2. The number of halogens is 2.